The lowest BCUT2D eigenvalue weighted by Gasteiger charge is -2.23. The van der Waals surface area contributed by atoms with Gasteiger partial charge in [0.15, 0.2) is 23.2 Å². The molecule has 0 fully saturated rings. The first-order chi connectivity index (χ1) is 15.3. The van der Waals surface area contributed by atoms with Crippen molar-refractivity contribution < 1.29 is 23.9 Å². The van der Waals surface area contributed by atoms with Crippen molar-refractivity contribution in [2.75, 3.05) is 7.11 Å². The van der Waals surface area contributed by atoms with Crippen LogP contribution in [0.15, 0.2) is 63.3 Å². The number of allylic oxidation sites excluding steroid dienone is 1. The lowest BCUT2D eigenvalue weighted by molar-refractivity contribution is -0.114. The van der Waals surface area contributed by atoms with Gasteiger partial charge in [0.1, 0.15) is 5.76 Å². The molecule has 2 aromatic carbocycles. The summed E-state index contributed by atoms with van der Waals surface area (Å²) < 4.78 is 11.4. The number of ether oxygens (including phenoxy) is 2. The van der Waals surface area contributed by atoms with Crippen LogP contribution in [0, 0.1) is 12.3 Å². The number of hydrogen-bond donors (Lipinski definition) is 1. The van der Waals surface area contributed by atoms with Crippen molar-refractivity contribution in [3.05, 3.63) is 75.0 Å². The highest BCUT2D eigenvalue weighted by Gasteiger charge is 2.34. The number of hydrogen-bond acceptors (Lipinski definition) is 6. The number of rotatable bonds is 4. The van der Waals surface area contributed by atoms with Gasteiger partial charge in [-0.1, -0.05) is 17.7 Å². The summed E-state index contributed by atoms with van der Waals surface area (Å²) in [5.74, 6) is 0.0758. The zero-order chi connectivity index (χ0) is 23.0. The van der Waals surface area contributed by atoms with E-state index < -0.39 is 11.9 Å². The van der Waals surface area contributed by atoms with Gasteiger partial charge in [0.2, 0.25) is 0 Å². The van der Waals surface area contributed by atoms with Crippen LogP contribution in [-0.4, -0.2) is 35.7 Å². The van der Waals surface area contributed by atoms with Gasteiger partial charge >= 0.3 is 5.97 Å². The van der Waals surface area contributed by atoms with E-state index in [0.29, 0.717) is 21.4 Å². The first kappa shape index (κ1) is 21.5. The lowest BCUT2D eigenvalue weighted by Crippen LogP contribution is -2.38. The molecule has 0 spiro atoms. The van der Waals surface area contributed by atoms with Crippen molar-refractivity contribution >= 4 is 45.6 Å². The SMILES string of the molecule is COc1cc(/C=C2\C(=N)N3OC(C)=CC3=NC2=O)cc(Br)c1OC(=O)c1cccc(C)c1. The van der Waals surface area contributed by atoms with E-state index in [2.05, 4.69) is 20.9 Å². The van der Waals surface area contributed by atoms with Crippen molar-refractivity contribution in [1.29, 1.82) is 5.41 Å². The Morgan fingerprint density at radius 2 is 2.03 bits per heavy atom. The van der Waals surface area contributed by atoms with Gasteiger partial charge in [-0.2, -0.15) is 4.99 Å². The molecule has 0 aromatic heterocycles. The molecule has 162 valence electrons. The molecule has 0 aliphatic carbocycles. The third-order valence-corrected chi connectivity index (χ3v) is 5.28. The van der Waals surface area contributed by atoms with Crippen LogP contribution in [0.1, 0.15) is 28.4 Å². The topological polar surface area (TPSA) is 101 Å². The standard InChI is InChI=1S/C23H18BrN3O5/c1-12-5-4-6-15(7-12)23(29)31-20-17(24)10-14(11-18(20)30-3)9-16-21(25)27-19(26-22(16)28)8-13(2)32-27/h4-11,25H,1-3H3/b16-9+,25-21?. The maximum absolute atomic E-state index is 12.6. The predicted octanol–water partition coefficient (Wildman–Crippen LogP) is 4.44. The molecule has 0 bridgehead atoms. The van der Waals surface area contributed by atoms with E-state index in [1.54, 1.807) is 43.3 Å². The number of amides is 1. The molecule has 0 saturated heterocycles. The van der Waals surface area contributed by atoms with Crippen LogP contribution in [0.2, 0.25) is 0 Å². The molecule has 2 aromatic rings. The Morgan fingerprint density at radius 1 is 1.25 bits per heavy atom. The highest BCUT2D eigenvalue weighted by atomic mass is 79.9. The van der Waals surface area contributed by atoms with Crippen LogP contribution in [0.3, 0.4) is 0 Å². The van der Waals surface area contributed by atoms with Crippen LogP contribution in [0.4, 0.5) is 0 Å². The van der Waals surface area contributed by atoms with E-state index in [-0.39, 0.29) is 28.7 Å². The van der Waals surface area contributed by atoms with Gasteiger partial charge in [-0.05, 0) is 65.7 Å². The number of fused-ring (bicyclic) bond motifs is 1. The molecule has 0 saturated carbocycles. The molecule has 0 unspecified atom stereocenters. The van der Waals surface area contributed by atoms with E-state index in [1.807, 2.05) is 13.0 Å². The van der Waals surface area contributed by atoms with Crippen LogP contribution in [0.25, 0.3) is 6.08 Å². The maximum atomic E-state index is 12.6. The largest absolute Gasteiger partial charge is 0.493 e. The lowest BCUT2D eigenvalue weighted by atomic mass is 10.1. The average molecular weight is 496 g/mol. The summed E-state index contributed by atoms with van der Waals surface area (Å²) in [6.07, 6.45) is 3.08. The van der Waals surface area contributed by atoms with Crippen molar-refractivity contribution in [2.45, 2.75) is 13.8 Å². The van der Waals surface area contributed by atoms with Crippen molar-refractivity contribution in [2.24, 2.45) is 4.99 Å². The molecule has 8 nitrogen and oxygen atoms in total. The normalized spacial score (nSPS) is 16.4. The fourth-order valence-electron chi connectivity index (χ4n) is 3.21. The minimum absolute atomic E-state index is 0.0512. The van der Waals surface area contributed by atoms with Crippen molar-refractivity contribution in [3.63, 3.8) is 0 Å². The summed E-state index contributed by atoms with van der Waals surface area (Å²) in [5, 5.41) is 9.52. The molecular weight excluding hydrogens is 478 g/mol. The highest BCUT2D eigenvalue weighted by Crippen LogP contribution is 2.38. The quantitative estimate of drug-likeness (QED) is 0.382. The number of nitrogens with zero attached hydrogens (tertiary/aromatic N) is 2. The van der Waals surface area contributed by atoms with Gasteiger partial charge < -0.3 is 14.3 Å². The van der Waals surface area contributed by atoms with E-state index in [9.17, 15) is 9.59 Å². The maximum Gasteiger partial charge on any atom is 0.343 e. The second-order valence-electron chi connectivity index (χ2n) is 7.12. The number of halogens is 1. The minimum Gasteiger partial charge on any atom is -0.493 e. The smallest absolute Gasteiger partial charge is 0.343 e. The molecule has 2 heterocycles. The highest BCUT2D eigenvalue weighted by molar-refractivity contribution is 9.10. The molecule has 1 N–H and O–H groups in total. The Labute approximate surface area is 192 Å². The number of aryl methyl sites for hydroxylation is 1. The molecule has 1 amide bonds. The predicted molar refractivity (Wildman–Crippen MR) is 122 cm³/mol. The Kier molecular flexibility index (Phi) is 5.67. The molecular formula is C23H18BrN3O5. The molecule has 32 heavy (non-hydrogen) atoms. The van der Waals surface area contributed by atoms with Gasteiger partial charge in [-0.3, -0.25) is 10.2 Å². The molecule has 2 aliphatic rings. The molecule has 0 radical (unpaired) electrons. The van der Waals surface area contributed by atoms with Crippen LogP contribution in [-0.2, 0) is 9.63 Å². The number of amidine groups is 2. The monoisotopic (exact) mass is 495 g/mol. The average Bonchev–Trinajstić information content (AvgIpc) is 3.12. The van der Waals surface area contributed by atoms with Gasteiger partial charge in [-0.15, -0.1) is 5.06 Å². The summed E-state index contributed by atoms with van der Waals surface area (Å²) >= 11 is 3.41. The summed E-state index contributed by atoms with van der Waals surface area (Å²) in [5.41, 5.74) is 1.94. The van der Waals surface area contributed by atoms with Gasteiger partial charge in [-0.25, -0.2) is 4.79 Å². The Morgan fingerprint density at radius 3 is 2.75 bits per heavy atom. The van der Waals surface area contributed by atoms with E-state index in [1.165, 1.54) is 18.2 Å². The number of nitrogens with one attached hydrogen (secondary N) is 1. The number of benzene rings is 2. The summed E-state index contributed by atoms with van der Waals surface area (Å²) in [6.45, 7) is 3.60. The third-order valence-electron chi connectivity index (χ3n) is 4.69. The Hall–Kier alpha value is -3.72. The number of aliphatic imine (C=N–C) groups is 1. The zero-order valence-corrected chi connectivity index (χ0v) is 19.0. The molecule has 2 aliphatic heterocycles. The van der Waals surface area contributed by atoms with Crippen LogP contribution < -0.4 is 9.47 Å². The molecule has 0 atom stereocenters. The Balaban J connectivity index is 1.65. The molecule has 9 heteroatoms. The van der Waals surface area contributed by atoms with Crippen molar-refractivity contribution in [3.8, 4) is 11.5 Å². The second kappa shape index (κ2) is 8.43. The van der Waals surface area contributed by atoms with Gasteiger partial charge in [0, 0.05) is 6.08 Å². The van der Waals surface area contributed by atoms with Gasteiger partial charge in [0.25, 0.3) is 5.91 Å². The van der Waals surface area contributed by atoms with Crippen LogP contribution >= 0.6 is 15.9 Å². The van der Waals surface area contributed by atoms with Gasteiger partial charge in [0.05, 0.1) is 22.7 Å². The van der Waals surface area contributed by atoms with E-state index in [4.69, 9.17) is 19.7 Å². The third kappa shape index (κ3) is 4.06. The number of carbonyl (C=O) groups excluding carboxylic acids is 2. The summed E-state index contributed by atoms with van der Waals surface area (Å²) in [7, 11) is 1.44. The van der Waals surface area contributed by atoms with E-state index >= 15 is 0 Å². The number of hydroxylamine groups is 2. The van der Waals surface area contributed by atoms with Crippen LogP contribution in [0.5, 0.6) is 11.5 Å². The van der Waals surface area contributed by atoms with Crippen molar-refractivity contribution in [1.82, 2.24) is 5.06 Å². The fraction of sp³-hybridized carbons (Fsp3) is 0.130. The minimum atomic E-state index is -0.555. The zero-order valence-electron chi connectivity index (χ0n) is 17.4. The summed E-state index contributed by atoms with van der Waals surface area (Å²) in [6, 6.07) is 10.3. The summed E-state index contributed by atoms with van der Waals surface area (Å²) in [4.78, 5) is 34.5. The molecule has 4 rings (SSSR count). The fourth-order valence-corrected chi connectivity index (χ4v) is 3.75. The number of carbonyl (C=O) groups is 2. The second-order valence-corrected chi connectivity index (χ2v) is 7.97. The first-order valence-electron chi connectivity index (χ1n) is 9.53. The first-order valence-corrected chi connectivity index (χ1v) is 10.3. The Bertz CT molecular complexity index is 1260. The van der Waals surface area contributed by atoms with E-state index in [0.717, 1.165) is 5.56 Å². The number of esters is 1. The number of methoxy groups -OCH3 is 1.